The number of hydrogen-bond donors (Lipinski definition) is 2. The molecule has 0 saturated carbocycles. The number of nitrogens with two attached hydrogens (primary N) is 1. The fraction of sp³-hybridized carbons (Fsp3) is 0.200. The monoisotopic (exact) mass is 261 g/mol. The Labute approximate surface area is 112 Å². The Morgan fingerprint density at radius 1 is 1.00 bits per heavy atom. The maximum Gasteiger partial charge on any atom is 0.105 e. The van der Waals surface area contributed by atoms with Crippen molar-refractivity contribution in [3.63, 3.8) is 0 Å². The highest BCUT2D eigenvalue weighted by Gasteiger charge is 2.13. The van der Waals surface area contributed by atoms with Crippen LogP contribution in [0.1, 0.15) is 35.8 Å². The summed E-state index contributed by atoms with van der Waals surface area (Å²) in [6.07, 6.45) is -0.708. The summed E-state index contributed by atoms with van der Waals surface area (Å²) in [6, 6.07) is 14.9. The lowest BCUT2D eigenvalue weighted by Gasteiger charge is -2.14. The lowest BCUT2D eigenvalue weighted by atomic mass is 9.99. The molecule has 2 nitrogen and oxygen atoms in total. The van der Waals surface area contributed by atoms with E-state index in [-0.39, 0.29) is 6.04 Å². The van der Waals surface area contributed by atoms with E-state index in [4.69, 9.17) is 17.3 Å². The molecule has 94 valence electrons. The molecule has 0 aliphatic carbocycles. The van der Waals surface area contributed by atoms with E-state index in [1.807, 2.05) is 49.4 Å². The van der Waals surface area contributed by atoms with Gasteiger partial charge in [0.15, 0.2) is 0 Å². The maximum atomic E-state index is 10.3. The van der Waals surface area contributed by atoms with Crippen LogP contribution in [0.15, 0.2) is 48.5 Å². The van der Waals surface area contributed by atoms with Crippen LogP contribution >= 0.6 is 11.6 Å². The van der Waals surface area contributed by atoms with E-state index in [2.05, 4.69) is 0 Å². The first-order chi connectivity index (χ1) is 8.59. The second-order valence-electron chi connectivity index (χ2n) is 4.38. The van der Waals surface area contributed by atoms with E-state index < -0.39 is 6.10 Å². The molecule has 18 heavy (non-hydrogen) atoms. The summed E-state index contributed by atoms with van der Waals surface area (Å²) < 4.78 is 0. The van der Waals surface area contributed by atoms with Crippen LogP contribution in [0.3, 0.4) is 0 Å². The molecule has 0 saturated heterocycles. The third-order valence-electron chi connectivity index (χ3n) is 2.98. The summed E-state index contributed by atoms with van der Waals surface area (Å²) in [6.45, 7) is 1.93. The Morgan fingerprint density at radius 2 is 1.56 bits per heavy atom. The van der Waals surface area contributed by atoms with Gasteiger partial charge in [-0.05, 0) is 24.1 Å². The van der Waals surface area contributed by atoms with Gasteiger partial charge in [-0.1, -0.05) is 54.1 Å². The van der Waals surface area contributed by atoms with Crippen molar-refractivity contribution < 1.29 is 5.11 Å². The van der Waals surface area contributed by atoms with Crippen molar-refractivity contribution in [3.8, 4) is 0 Å². The van der Waals surface area contributed by atoms with Gasteiger partial charge in [-0.3, -0.25) is 0 Å². The largest absolute Gasteiger partial charge is 0.384 e. The molecule has 0 aromatic heterocycles. The molecule has 0 aliphatic heterocycles. The van der Waals surface area contributed by atoms with Gasteiger partial charge >= 0.3 is 0 Å². The first kappa shape index (κ1) is 13.1. The second-order valence-corrected chi connectivity index (χ2v) is 4.79. The topological polar surface area (TPSA) is 46.2 Å². The number of rotatable bonds is 3. The van der Waals surface area contributed by atoms with Crippen molar-refractivity contribution in [1.29, 1.82) is 0 Å². The van der Waals surface area contributed by atoms with Crippen LogP contribution in [-0.2, 0) is 0 Å². The number of halogens is 1. The van der Waals surface area contributed by atoms with Crippen LogP contribution in [0, 0.1) is 0 Å². The molecule has 3 heteroatoms. The number of benzene rings is 2. The van der Waals surface area contributed by atoms with Gasteiger partial charge in [0.05, 0.1) is 0 Å². The summed E-state index contributed by atoms with van der Waals surface area (Å²) in [5, 5.41) is 10.9. The van der Waals surface area contributed by atoms with E-state index in [0.29, 0.717) is 10.6 Å². The average Bonchev–Trinajstić information content (AvgIpc) is 2.38. The average molecular weight is 262 g/mol. The van der Waals surface area contributed by atoms with Gasteiger partial charge in [0.1, 0.15) is 6.10 Å². The molecule has 2 unspecified atom stereocenters. The Kier molecular flexibility index (Phi) is 4.02. The summed E-state index contributed by atoms with van der Waals surface area (Å²) in [5.41, 5.74) is 8.37. The zero-order valence-corrected chi connectivity index (χ0v) is 10.9. The molecule has 3 N–H and O–H groups in total. The minimum absolute atomic E-state index is 0.00324. The van der Waals surface area contributed by atoms with E-state index >= 15 is 0 Å². The molecule has 0 spiro atoms. The van der Waals surface area contributed by atoms with Gasteiger partial charge < -0.3 is 10.8 Å². The van der Waals surface area contributed by atoms with Gasteiger partial charge in [-0.2, -0.15) is 0 Å². The molecule has 0 fully saturated rings. The van der Waals surface area contributed by atoms with Gasteiger partial charge in [0.2, 0.25) is 0 Å². The molecule has 2 rings (SSSR count). The number of hydrogen-bond acceptors (Lipinski definition) is 2. The molecular formula is C15H16ClNO. The van der Waals surface area contributed by atoms with Gasteiger partial charge in [0.25, 0.3) is 0 Å². The molecule has 0 aliphatic rings. The quantitative estimate of drug-likeness (QED) is 0.889. The van der Waals surface area contributed by atoms with Crippen LogP contribution in [0.4, 0.5) is 0 Å². The zero-order valence-electron chi connectivity index (χ0n) is 10.2. The summed E-state index contributed by atoms with van der Waals surface area (Å²) >= 11 is 6.07. The Hall–Kier alpha value is -1.35. The lowest BCUT2D eigenvalue weighted by molar-refractivity contribution is 0.220. The molecule has 0 heterocycles. The van der Waals surface area contributed by atoms with Crippen LogP contribution in [0.25, 0.3) is 0 Å². The molecule has 0 radical (unpaired) electrons. The van der Waals surface area contributed by atoms with Crippen molar-refractivity contribution in [2.75, 3.05) is 0 Å². The molecule has 2 aromatic rings. The molecule has 2 atom stereocenters. The minimum atomic E-state index is -0.708. The second kappa shape index (κ2) is 5.53. The fourth-order valence-corrected chi connectivity index (χ4v) is 2.10. The molecule has 0 amide bonds. The highest BCUT2D eigenvalue weighted by molar-refractivity contribution is 6.31. The van der Waals surface area contributed by atoms with Crippen LogP contribution < -0.4 is 5.73 Å². The predicted octanol–water partition coefficient (Wildman–Crippen LogP) is 3.44. The minimum Gasteiger partial charge on any atom is -0.384 e. The maximum absolute atomic E-state index is 10.3. The van der Waals surface area contributed by atoms with Crippen molar-refractivity contribution in [2.45, 2.75) is 19.1 Å². The Bertz CT molecular complexity index is 522. The van der Waals surface area contributed by atoms with Gasteiger partial charge in [-0.15, -0.1) is 0 Å². The first-order valence-electron chi connectivity index (χ1n) is 5.87. The van der Waals surface area contributed by atoms with Crippen molar-refractivity contribution in [3.05, 3.63) is 70.2 Å². The molecular weight excluding hydrogens is 246 g/mol. The highest BCUT2D eigenvalue weighted by atomic mass is 35.5. The zero-order chi connectivity index (χ0) is 13.1. The van der Waals surface area contributed by atoms with E-state index in [0.717, 1.165) is 11.1 Å². The number of aliphatic hydroxyl groups is 1. The van der Waals surface area contributed by atoms with E-state index in [9.17, 15) is 5.11 Å². The summed E-state index contributed by atoms with van der Waals surface area (Å²) in [4.78, 5) is 0. The Balaban J connectivity index is 2.29. The van der Waals surface area contributed by atoms with Crippen LogP contribution in [0.2, 0.25) is 5.02 Å². The molecule has 0 bridgehead atoms. The standard InChI is InChI=1S/C15H16ClNO/c1-10(17)11-6-8-12(9-7-11)15(18)13-4-2-3-5-14(13)16/h2-10,15,18H,17H2,1H3. The SMILES string of the molecule is CC(N)c1ccc(C(O)c2ccccc2Cl)cc1. The normalized spacial score (nSPS) is 14.2. The third-order valence-corrected chi connectivity index (χ3v) is 3.32. The van der Waals surface area contributed by atoms with Crippen molar-refractivity contribution >= 4 is 11.6 Å². The first-order valence-corrected chi connectivity index (χ1v) is 6.25. The summed E-state index contributed by atoms with van der Waals surface area (Å²) in [5.74, 6) is 0. The summed E-state index contributed by atoms with van der Waals surface area (Å²) in [7, 11) is 0. The lowest BCUT2D eigenvalue weighted by Crippen LogP contribution is -2.06. The van der Waals surface area contributed by atoms with Gasteiger partial charge in [-0.25, -0.2) is 0 Å². The van der Waals surface area contributed by atoms with E-state index in [1.165, 1.54) is 0 Å². The van der Waals surface area contributed by atoms with Crippen LogP contribution in [0.5, 0.6) is 0 Å². The highest BCUT2D eigenvalue weighted by Crippen LogP contribution is 2.28. The van der Waals surface area contributed by atoms with Crippen molar-refractivity contribution in [2.24, 2.45) is 5.73 Å². The fourth-order valence-electron chi connectivity index (χ4n) is 1.86. The van der Waals surface area contributed by atoms with Gasteiger partial charge in [0, 0.05) is 16.6 Å². The van der Waals surface area contributed by atoms with Crippen LogP contribution in [-0.4, -0.2) is 5.11 Å². The third kappa shape index (κ3) is 2.72. The van der Waals surface area contributed by atoms with Crippen molar-refractivity contribution in [1.82, 2.24) is 0 Å². The predicted molar refractivity (Wildman–Crippen MR) is 74.6 cm³/mol. The molecule has 2 aromatic carbocycles. The van der Waals surface area contributed by atoms with E-state index in [1.54, 1.807) is 6.07 Å². The smallest absolute Gasteiger partial charge is 0.105 e. The Morgan fingerprint density at radius 3 is 2.11 bits per heavy atom. The number of aliphatic hydroxyl groups excluding tert-OH is 1.